The van der Waals surface area contributed by atoms with Gasteiger partial charge in [0.25, 0.3) is 0 Å². The summed E-state index contributed by atoms with van der Waals surface area (Å²) >= 11 is 0. The molecule has 1 fully saturated rings. The van der Waals surface area contributed by atoms with Crippen LogP contribution in [0.15, 0.2) is 36.4 Å². The van der Waals surface area contributed by atoms with Crippen molar-refractivity contribution < 1.29 is 13.2 Å². The van der Waals surface area contributed by atoms with Crippen LogP contribution in [0.1, 0.15) is 30.1 Å². The van der Waals surface area contributed by atoms with Crippen LogP contribution in [-0.4, -0.2) is 34.8 Å². The highest BCUT2D eigenvalue weighted by Gasteiger charge is 2.36. The number of aromatic nitrogens is 2. The van der Waals surface area contributed by atoms with Gasteiger partial charge in [-0.25, -0.2) is 4.68 Å². The first-order valence-electron chi connectivity index (χ1n) is 7.36. The summed E-state index contributed by atoms with van der Waals surface area (Å²) in [4.78, 5) is 2.20. The lowest BCUT2D eigenvalue weighted by Gasteiger charge is -2.29. The van der Waals surface area contributed by atoms with E-state index in [9.17, 15) is 13.2 Å². The van der Waals surface area contributed by atoms with Gasteiger partial charge in [0.15, 0.2) is 5.69 Å². The zero-order valence-electron chi connectivity index (χ0n) is 12.3. The SMILES string of the molecule is CN1CCC(c2cc(C(F)(F)F)nn2-c2ccccc2)CC1. The third-order valence-corrected chi connectivity index (χ3v) is 4.16. The molecule has 0 saturated carbocycles. The first kappa shape index (κ1) is 15.1. The van der Waals surface area contributed by atoms with E-state index in [1.54, 1.807) is 12.1 Å². The van der Waals surface area contributed by atoms with Crippen LogP contribution in [0.5, 0.6) is 0 Å². The zero-order chi connectivity index (χ0) is 15.7. The summed E-state index contributed by atoms with van der Waals surface area (Å²) in [6.45, 7) is 1.79. The number of likely N-dealkylation sites (tertiary alicyclic amines) is 1. The van der Waals surface area contributed by atoms with E-state index in [2.05, 4.69) is 10.00 Å². The summed E-state index contributed by atoms with van der Waals surface area (Å²) < 4.78 is 40.6. The van der Waals surface area contributed by atoms with E-state index in [0.717, 1.165) is 25.9 Å². The molecule has 0 radical (unpaired) electrons. The Labute approximate surface area is 127 Å². The third-order valence-electron chi connectivity index (χ3n) is 4.16. The molecule has 6 heteroatoms. The van der Waals surface area contributed by atoms with E-state index in [0.29, 0.717) is 11.4 Å². The van der Waals surface area contributed by atoms with Crippen molar-refractivity contribution in [1.82, 2.24) is 14.7 Å². The fourth-order valence-corrected chi connectivity index (χ4v) is 2.91. The van der Waals surface area contributed by atoms with Gasteiger partial charge in [0, 0.05) is 11.6 Å². The van der Waals surface area contributed by atoms with Crippen LogP contribution in [0.3, 0.4) is 0 Å². The largest absolute Gasteiger partial charge is 0.435 e. The van der Waals surface area contributed by atoms with Gasteiger partial charge >= 0.3 is 6.18 Å². The Morgan fingerprint density at radius 3 is 2.32 bits per heavy atom. The lowest BCUT2D eigenvalue weighted by molar-refractivity contribution is -0.141. The number of alkyl halides is 3. The summed E-state index contributed by atoms with van der Waals surface area (Å²) in [5, 5.41) is 3.82. The van der Waals surface area contributed by atoms with Gasteiger partial charge in [0.1, 0.15) is 0 Å². The van der Waals surface area contributed by atoms with Crippen molar-refractivity contribution in [2.75, 3.05) is 20.1 Å². The summed E-state index contributed by atoms with van der Waals surface area (Å²) in [5.74, 6) is 0.111. The van der Waals surface area contributed by atoms with Crippen molar-refractivity contribution in [1.29, 1.82) is 0 Å². The molecule has 118 valence electrons. The highest BCUT2D eigenvalue weighted by molar-refractivity contribution is 5.35. The number of para-hydroxylation sites is 1. The maximum absolute atomic E-state index is 13.0. The molecule has 0 amide bonds. The summed E-state index contributed by atoms with van der Waals surface area (Å²) in [7, 11) is 2.03. The second-order valence-electron chi connectivity index (χ2n) is 5.78. The molecular weight excluding hydrogens is 291 g/mol. The van der Waals surface area contributed by atoms with E-state index in [4.69, 9.17) is 0 Å². The number of hydrogen-bond acceptors (Lipinski definition) is 2. The number of nitrogens with zero attached hydrogens (tertiary/aromatic N) is 3. The van der Waals surface area contributed by atoms with E-state index < -0.39 is 11.9 Å². The van der Waals surface area contributed by atoms with Crippen LogP contribution in [0.2, 0.25) is 0 Å². The molecule has 0 bridgehead atoms. The van der Waals surface area contributed by atoms with Crippen molar-refractivity contribution in [3.8, 4) is 5.69 Å². The van der Waals surface area contributed by atoms with Crippen molar-refractivity contribution in [2.24, 2.45) is 0 Å². The molecule has 3 rings (SSSR count). The number of benzene rings is 1. The van der Waals surface area contributed by atoms with Gasteiger partial charge in [0.05, 0.1) is 5.69 Å². The van der Waals surface area contributed by atoms with Crippen molar-refractivity contribution in [3.05, 3.63) is 47.8 Å². The van der Waals surface area contributed by atoms with Gasteiger partial charge in [-0.15, -0.1) is 0 Å². The van der Waals surface area contributed by atoms with Crippen LogP contribution in [-0.2, 0) is 6.18 Å². The molecule has 3 nitrogen and oxygen atoms in total. The Morgan fingerprint density at radius 1 is 1.09 bits per heavy atom. The normalized spacial score (nSPS) is 17.8. The van der Waals surface area contributed by atoms with E-state index >= 15 is 0 Å². The van der Waals surface area contributed by atoms with Crippen LogP contribution >= 0.6 is 0 Å². The van der Waals surface area contributed by atoms with Gasteiger partial charge in [-0.1, -0.05) is 18.2 Å². The summed E-state index contributed by atoms with van der Waals surface area (Å²) in [6, 6.07) is 10.2. The first-order chi connectivity index (χ1) is 10.4. The molecule has 2 heterocycles. The molecule has 1 saturated heterocycles. The number of piperidine rings is 1. The Balaban J connectivity index is 2.02. The molecule has 1 aliphatic heterocycles. The maximum atomic E-state index is 13.0. The number of rotatable bonds is 2. The molecule has 2 aromatic rings. The second kappa shape index (κ2) is 5.76. The zero-order valence-corrected chi connectivity index (χ0v) is 12.3. The predicted molar refractivity (Wildman–Crippen MR) is 78.0 cm³/mol. The highest BCUT2D eigenvalue weighted by atomic mass is 19.4. The fourth-order valence-electron chi connectivity index (χ4n) is 2.91. The predicted octanol–water partition coefficient (Wildman–Crippen LogP) is 3.70. The average molecular weight is 309 g/mol. The van der Waals surface area contributed by atoms with Gasteiger partial charge in [0.2, 0.25) is 0 Å². The van der Waals surface area contributed by atoms with Crippen molar-refractivity contribution in [2.45, 2.75) is 24.9 Å². The fraction of sp³-hybridized carbons (Fsp3) is 0.438. The van der Waals surface area contributed by atoms with E-state index in [-0.39, 0.29) is 5.92 Å². The van der Waals surface area contributed by atoms with Crippen molar-refractivity contribution >= 4 is 0 Å². The molecular formula is C16H18F3N3. The Morgan fingerprint density at radius 2 is 1.73 bits per heavy atom. The minimum Gasteiger partial charge on any atom is -0.306 e. The molecule has 0 spiro atoms. The van der Waals surface area contributed by atoms with Crippen LogP contribution in [0.25, 0.3) is 5.69 Å². The monoisotopic (exact) mass is 309 g/mol. The molecule has 0 aliphatic carbocycles. The number of halogens is 3. The van der Waals surface area contributed by atoms with Crippen LogP contribution < -0.4 is 0 Å². The van der Waals surface area contributed by atoms with Crippen LogP contribution in [0.4, 0.5) is 13.2 Å². The topological polar surface area (TPSA) is 21.1 Å². The third kappa shape index (κ3) is 3.02. The van der Waals surface area contributed by atoms with Gasteiger partial charge < -0.3 is 4.90 Å². The van der Waals surface area contributed by atoms with E-state index in [1.807, 2.05) is 25.2 Å². The molecule has 0 N–H and O–H groups in total. The van der Waals surface area contributed by atoms with E-state index in [1.165, 1.54) is 10.7 Å². The molecule has 1 aromatic carbocycles. The lowest BCUT2D eigenvalue weighted by Crippen LogP contribution is -2.30. The quantitative estimate of drug-likeness (QED) is 0.843. The molecule has 0 atom stereocenters. The standard InChI is InChI=1S/C16H18F3N3/c1-21-9-7-12(8-10-21)14-11-15(16(17,18)19)20-22(14)13-5-3-2-4-6-13/h2-6,11-12H,7-10H2,1H3. The Bertz CT molecular complexity index is 626. The minimum absolute atomic E-state index is 0.111. The van der Waals surface area contributed by atoms with Gasteiger partial charge in [-0.2, -0.15) is 18.3 Å². The Hall–Kier alpha value is -1.82. The molecule has 0 unspecified atom stereocenters. The summed E-state index contributed by atoms with van der Waals surface area (Å²) in [5.41, 5.74) is 0.517. The smallest absolute Gasteiger partial charge is 0.306 e. The average Bonchev–Trinajstić information content (AvgIpc) is 2.94. The second-order valence-corrected chi connectivity index (χ2v) is 5.78. The molecule has 1 aromatic heterocycles. The molecule has 22 heavy (non-hydrogen) atoms. The Kier molecular flexibility index (Phi) is 3.95. The van der Waals surface area contributed by atoms with Crippen molar-refractivity contribution in [3.63, 3.8) is 0 Å². The number of hydrogen-bond donors (Lipinski definition) is 0. The minimum atomic E-state index is -4.42. The molecule has 1 aliphatic rings. The highest BCUT2D eigenvalue weighted by Crippen LogP contribution is 2.35. The van der Waals surface area contributed by atoms with Crippen LogP contribution in [0, 0.1) is 0 Å². The van der Waals surface area contributed by atoms with Gasteiger partial charge in [-0.3, -0.25) is 0 Å². The first-order valence-corrected chi connectivity index (χ1v) is 7.36. The van der Waals surface area contributed by atoms with Gasteiger partial charge in [-0.05, 0) is 51.2 Å². The maximum Gasteiger partial charge on any atom is 0.435 e. The summed E-state index contributed by atoms with van der Waals surface area (Å²) in [6.07, 6.45) is -2.71. The lowest BCUT2D eigenvalue weighted by atomic mass is 9.93.